The molecule has 0 radical (unpaired) electrons. The molecule has 48 valence electrons. The first-order chi connectivity index (χ1) is 3.84. The molecule has 1 fully saturated rings. The fraction of sp³-hybridized carbons (Fsp3) is 1.00. The van der Waals surface area contributed by atoms with Gasteiger partial charge in [0.15, 0.2) is 0 Å². The molecule has 0 amide bonds. The molecule has 1 saturated heterocycles. The molecule has 8 heavy (non-hydrogen) atoms. The summed E-state index contributed by atoms with van der Waals surface area (Å²) in [4.78, 5) is 0. The molecular weight excluding hydrogens is 109 g/mol. The summed E-state index contributed by atoms with van der Waals surface area (Å²) in [5, 5.41) is 11.3. The number of hydrogen-bond acceptors (Lipinski definition) is 2. The first kappa shape index (κ1) is 5.98. The minimum absolute atomic E-state index is 0.0336. The molecule has 2 N–H and O–H groups in total. The smallest absolute Gasteiger partial charge is 0.119 e. The van der Waals surface area contributed by atoms with Crippen molar-refractivity contribution in [1.82, 2.24) is 5.32 Å². The van der Waals surface area contributed by atoms with Gasteiger partial charge in [-0.25, -0.2) is 4.39 Å². The van der Waals surface area contributed by atoms with Crippen LogP contribution in [0.2, 0.25) is 0 Å². The molecule has 0 aromatic heterocycles. The van der Waals surface area contributed by atoms with Gasteiger partial charge in [-0.1, -0.05) is 0 Å². The zero-order valence-electron chi connectivity index (χ0n) is 4.60. The van der Waals surface area contributed by atoms with Crippen LogP contribution in [0, 0.1) is 5.92 Å². The molecule has 2 atom stereocenters. The number of rotatable bonds is 1. The van der Waals surface area contributed by atoms with Gasteiger partial charge in [0.2, 0.25) is 0 Å². The highest BCUT2D eigenvalue weighted by atomic mass is 19.1. The third-order valence-corrected chi connectivity index (χ3v) is 1.49. The topological polar surface area (TPSA) is 32.3 Å². The third-order valence-electron chi connectivity index (χ3n) is 1.49. The van der Waals surface area contributed by atoms with E-state index in [9.17, 15) is 4.39 Å². The number of aliphatic hydroxyl groups excluding tert-OH is 1. The van der Waals surface area contributed by atoms with E-state index in [-0.39, 0.29) is 12.5 Å². The SMILES string of the molecule is OCC1CNCC1F. The minimum Gasteiger partial charge on any atom is -0.396 e. The standard InChI is InChI=1S/C5H10FNO/c6-5-2-7-1-4(5)3-8/h4-5,7-8H,1-3H2. The molecule has 3 heteroatoms. The van der Waals surface area contributed by atoms with E-state index in [0.29, 0.717) is 13.1 Å². The van der Waals surface area contributed by atoms with E-state index in [0.717, 1.165) is 0 Å². The first-order valence-corrected chi connectivity index (χ1v) is 2.80. The van der Waals surface area contributed by atoms with Crippen LogP contribution >= 0.6 is 0 Å². The van der Waals surface area contributed by atoms with Crippen molar-refractivity contribution >= 4 is 0 Å². The highest BCUT2D eigenvalue weighted by molar-refractivity contribution is 4.79. The van der Waals surface area contributed by atoms with E-state index in [1.165, 1.54) is 0 Å². The number of nitrogens with one attached hydrogen (secondary N) is 1. The van der Waals surface area contributed by atoms with Crippen LogP contribution in [0.25, 0.3) is 0 Å². The van der Waals surface area contributed by atoms with E-state index in [2.05, 4.69) is 5.32 Å². The molecule has 0 saturated carbocycles. The number of hydrogen-bond donors (Lipinski definition) is 2. The van der Waals surface area contributed by atoms with Gasteiger partial charge in [-0.3, -0.25) is 0 Å². The Morgan fingerprint density at radius 2 is 2.38 bits per heavy atom. The highest BCUT2D eigenvalue weighted by Crippen LogP contribution is 2.10. The summed E-state index contributed by atoms with van der Waals surface area (Å²) in [5.41, 5.74) is 0. The minimum atomic E-state index is -0.833. The van der Waals surface area contributed by atoms with Crippen LogP contribution in [0.5, 0.6) is 0 Å². The highest BCUT2D eigenvalue weighted by Gasteiger charge is 2.25. The summed E-state index contributed by atoms with van der Waals surface area (Å²) < 4.78 is 12.4. The lowest BCUT2D eigenvalue weighted by atomic mass is 10.1. The van der Waals surface area contributed by atoms with Crippen molar-refractivity contribution in [3.05, 3.63) is 0 Å². The molecule has 1 heterocycles. The summed E-state index contributed by atoms with van der Waals surface area (Å²) in [6.07, 6.45) is -0.833. The molecular formula is C5H10FNO. The maximum Gasteiger partial charge on any atom is 0.119 e. The Kier molecular flexibility index (Phi) is 1.81. The predicted octanol–water partition coefficient (Wildman–Crippen LogP) is -0.464. The number of halogens is 1. The van der Waals surface area contributed by atoms with E-state index in [1.807, 2.05) is 0 Å². The average Bonchev–Trinajstić information content (AvgIpc) is 2.14. The van der Waals surface area contributed by atoms with Crippen molar-refractivity contribution < 1.29 is 9.50 Å². The van der Waals surface area contributed by atoms with Gasteiger partial charge in [0, 0.05) is 25.6 Å². The Hall–Kier alpha value is -0.150. The predicted molar refractivity (Wildman–Crippen MR) is 28.3 cm³/mol. The van der Waals surface area contributed by atoms with Crippen molar-refractivity contribution in [2.24, 2.45) is 5.92 Å². The van der Waals surface area contributed by atoms with E-state index < -0.39 is 6.17 Å². The summed E-state index contributed by atoms with van der Waals surface area (Å²) >= 11 is 0. The molecule has 0 aromatic carbocycles. The lowest BCUT2D eigenvalue weighted by Gasteiger charge is -2.04. The molecule has 0 aromatic rings. The molecule has 1 aliphatic rings. The summed E-state index contributed by atoms with van der Waals surface area (Å²) in [5.74, 6) is -0.157. The van der Waals surface area contributed by atoms with Gasteiger partial charge in [-0.15, -0.1) is 0 Å². The van der Waals surface area contributed by atoms with Crippen molar-refractivity contribution in [3.63, 3.8) is 0 Å². The van der Waals surface area contributed by atoms with Crippen LogP contribution in [0.4, 0.5) is 4.39 Å². The zero-order valence-corrected chi connectivity index (χ0v) is 4.60. The third kappa shape index (κ3) is 0.980. The molecule has 2 nitrogen and oxygen atoms in total. The Balaban J connectivity index is 2.30. The van der Waals surface area contributed by atoms with Crippen molar-refractivity contribution in [2.45, 2.75) is 6.17 Å². The second-order valence-electron chi connectivity index (χ2n) is 2.12. The fourth-order valence-corrected chi connectivity index (χ4v) is 0.880. The quantitative estimate of drug-likeness (QED) is 0.489. The van der Waals surface area contributed by atoms with E-state index >= 15 is 0 Å². The van der Waals surface area contributed by atoms with Crippen molar-refractivity contribution in [3.8, 4) is 0 Å². The summed E-state index contributed by atoms with van der Waals surface area (Å²) in [7, 11) is 0. The Morgan fingerprint density at radius 3 is 2.62 bits per heavy atom. The maximum atomic E-state index is 12.4. The Labute approximate surface area is 47.7 Å². The van der Waals surface area contributed by atoms with Gasteiger partial charge in [0.05, 0.1) is 0 Å². The van der Waals surface area contributed by atoms with Gasteiger partial charge in [0.1, 0.15) is 6.17 Å². The first-order valence-electron chi connectivity index (χ1n) is 2.80. The molecule has 2 unspecified atom stereocenters. The largest absolute Gasteiger partial charge is 0.396 e. The van der Waals surface area contributed by atoms with Crippen LogP contribution in [-0.2, 0) is 0 Å². The van der Waals surface area contributed by atoms with Gasteiger partial charge in [0.25, 0.3) is 0 Å². The van der Waals surface area contributed by atoms with Gasteiger partial charge in [-0.05, 0) is 0 Å². The summed E-state index contributed by atoms with van der Waals surface area (Å²) in [6.45, 7) is 0.997. The fourth-order valence-electron chi connectivity index (χ4n) is 0.880. The number of aliphatic hydroxyl groups is 1. The van der Waals surface area contributed by atoms with Crippen molar-refractivity contribution in [2.75, 3.05) is 19.7 Å². The maximum absolute atomic E-state index is 12.4. The van der Waals surface area contributed by atoms with Crippen molar-refractivity contribution in [1.29, 1.82) is 0 Å². The molecule has 1 rings (SSSR count). The molecule has 0 bridgehead atoms. The Bertz CT molecular complexity index is 78.8. The normalized spacial score (nSPS) is 38.2. The second-order valence-corrected chi connectivity index (χ2v) is 2.12. The number of alkyl halides is 1. The monoisotopic (exact) mass is 119 g/mol. The average molecular weight is 119 g/mol. The lowest BCUT2D eigenvalue weighted by Crippen LogP contribution is -2.16. The van der Waals surface area contributed by atoms with Crippen LogP contribution in [0.1, 0.15) is 0 Å². The van der Waals surface area contributed by atoms with E-state index in [4.69, 9.17) is 5.11 Å². The lowest BCUT2D eigenvalue weighted by molar-refractivity contribution is 0.175. The second kappa shape index (κ2) is 2.42. The summed E-state index contributed by atoms with van der Waals surface area (Å²) in [6, 6.07) is 0. The van der Waals surface area contributed by atoms with Crippen LogP contribution < -0.4 is 5.32 Å². The van der Waals surface area contributed by atoms with Gasteiger partial charge < -0.3 is 10.4 Å². The van der Waals surface area contributed by atoms with Gasteiger partial charge in [-0.2, -0.15) is 0 Å². The van der Waals surface area contributed by atoms with Crippen LogP contribution in [0.3, 0.4) is 0 Å². The van der Waals surface area contributed by atoms with Gasteiger partial charge >= 0.3 is 0 Å². The zero-order chi connectivity index (χ0) is 5.98. The molecule has 0 aliphatic carbocycles. The molecule has 0 spiro atoms. The molecule has 1 aliphatic heterocycles. The van der Waals surface area contributed by atoms with Crippen LogP contribution in [0.15, 0.2) is 0 Å². The van der Waals surface area contributed by atoms with E-state index in [1.54, 1.807) is 0 Å². The Morgan fingerprint density at radius 1 is 1.62 bits per heavy atom. The van der Waals surface area contributed by atoms with Crippen LogP contribution in [-0.4, -0.2) is 31.0 Å².